The Labute approximate surface area is 443 Å². The Kier molecular flexibility index (Phi) is 31.6. The number of nitrogens with two attached hydrogens (primary N) is 8. The number of rotatable bonds is 40. The van der Waals surface area contributed by atoms with Gasteiger partial charge in [0.25, 0.3) is 0 Å². The fraction of sp³-hybridized carbons (Fsp3) is 0.723. The highest BCUT2D eigenvalue weighted by Crippen LogP contribution is 2.21. The van der Waals surface area contributed by atoms with Crippen LogP contribution in [-0.2, 0) is 49.6 Å². The minimum absolute atomic E-state index is 0.00100. The van der Waals surface area contributed by atoms with Gasteiger partial charge < -0.3 is 97.9 Å². The fourth-order valence-corrected chi connectivity index (χ4v) is 8.44. The maximum atomic E-state index is 14.3. The van der Waals surface area contributed by atoms with Crippen LogP contribution in [0.25, 0.3) is 0 Å². The first-order chi connectivity index (χ1) is 36.3. The molecule has 0 aliphatic carbocycles. The van der Waals surface area contributed by atoms with Gasteiger partial charge in [-0.1, -0.05) is 6.42 Å². The standard InChI is InChI=1S/C47H86N18O11/c48-17-3-1-10-30(53)40(69)64-39(37(67)24-52)44(73)62-32(12-5-19-50)41(70)58-26-38(68)60-33(13-6-20-51)45(74)65-22-8-14-35(65)43(72)63-34(23-29-25-56-27-59-29)42(71)61-31(11-2-4-18-49)36(66)16-15-28(46(75)76)9-7-21-57-47(54)55/h25,27-28,30-35,37,39,67H,1-24,26,48-53H2,(H,56,59)(H,58,70)(H,60,68)(H,61,71)(H,62,73)(H,63,72)(H,64,69)(H,75,76)(H4,54,55,57)/t28?,30-,31-,32-,33+,34-,35-,37-,39-/m0/s1. The third-order valence-electron chi connectivity index (χ3n) is 12.8. The van der Waals surface area contributed by atoms with Crippen molar-refractivity contribution < 1.29 is 53.4 Å². The van der Waals surface area contributed by atoms with E-state index in [4.69, 9.17) is 45.9 Å². The number of carbonyl (C=O) groups excluding carboxylic acids is 8. The van der Waals surface area contributed by atoms with E-state index in [9.17, 15) is 53.4 Å². The number of ketones is 1. The summed E-state index contributed by atoms with van der Waals surface area (Å²) in [5.41, 5.74) is 45.5. The molecule has 1 aliphatic heterocycles. The normalized spacial score (nSPS) is 16.4. The number of likely N-dealkylation sites (tertiary alicyclic amines) is 1. The number of aliphatic hydroxyl groups excluding tert-OH is 1. The van der Waals surface area contributed by atoms with Crippen molar-refractivity contribution >= 4 is 59.1 Å². The molecule has 1 unspecified atom stereocenters. The smallest absolute Gasteiger partial charge is 0.306 e. The van der Waals surface area contributed by atoms with Crippen LogP contribution in [0.1, 0.15) is 108 Å². The van der Waals surface area contributed by atoms with E-state index in [1.54, 1.807) is 0 Å². The number of nitrogens with zero attached hydrogens (tertiary/aromatic N) is 3. The third kappa shape index (κ3) is 24.1. The average molecular weight is 1080 g/mol. The molecule has 0 radical (unpaired) electrons. The summed E-state index contributed by atoms with van der Waals surface area (Å²) in [6.45, 7) is 0.241. The molecule has 9 atom stereocenters. The minimum atomic E-state index is -1.59. The maximum absolute atomic E-state index is 14.3. The van der Waals surface area contributed by atoms with Gasteiger partial charge in [-0.2, -0.15) is 0 Å². The molecule has 1 aromatic rings. The molecule has 2 rings (SSSR count). The van der Waals surface area contributed by atoms with Crippen molar-refractivity contribution in [1.29, 1.82) is 0 Å². The lowest BCUT2D eigenvalue weighted by atomic mass is 9.93. The first-order valence-electron chi connectivity index (χ1n) is 26.1. The highest BCUT2D eigenvalue weighted by atomic mass is 16.4. The van der Waals surface area contributed by atoms with E-state index in [2.05, 4.69) is 46.9 Å². The fourth-order valence-electron chi connectivity index (χ4n) is 8.44. The summed E-state index contributed by atoms with van der Waals surface area (Å²) in [6.07, 6.45) is 5.40. The molecule has 1 fully saturated rings. The molecule has 0 bridgehead atoms. The van der Waals surface area contributed by atoms with Crippen LogP contribution in [-0.4, -0.2) is 185 Å². The lowest BCUT2D eigenvalue weighted by Gasteiger charge is -2.30. The molecule has 7 amide bonds. The maximum Gasteiger partial charge on any atom is 0.306 e. The van der Waals surface area contributed by atoms with Crippen LogP contribution < -0.4 is 77.8 Å². The van der Waals surface area contributed by atoms with Crippen LogP contribution in [0, 0.1) is 5.92 Å². The number of carboxylic acids is 1. The molecule has 29 nitrogen and oxygen atoms in total. The zero-order valence-electron chi connectivity index (χ0n) is 43.6. The molecule has 76 heavy (non-hydrogen) atoms. The molecule has 430 valence electrons. The number of H-pyrrole nitrogens is 1. The summed E-state index contributed by atoms with van der Waals surface area (Å²) in [7, 11) is 0. The van der Waals surface area contributed by atoms with E-state index in [1.807, 2.05) is 0 Å². The summed E-state index contributed by atoms with van der Waals surface area (Å²) < 4.78 is 0. The van der Waals surface area contributed by atoms with E-state index in [0.29, 0.717) is 57.3 Å². The van der Waals surface area contributed by atoms with E-state index >= 15 is 0 Å². The molecule has 1 saturated heterocycles. The molecular formula is C47H86N18O11. The van der Waals surface area contributed by atoms with Gasteiger partial charge >= 0.3 is 5.97 Å². The van der Waals surface area contributed by atoms with E-state index in [0.717, 1.165) is 0 Å². The van der Waals surface area contributed by atoms with Gasteiger partial charge in [-0.3, -0.25) is 48.1 Å². The SMILES string of the molecule is NCCCC[C@H](NC(=O)[C@H](Cc1cnc[nH]1)NC(=O)[C@@H]1CCCN1C(=O)[C@@H](CCCN)NC(=O)CNC(=O)[C@H](CCCN)NC(=O)[C@@H](NC(=O)[C@@H](N)CCCCN)[C@@H](O)CN)C(=O)CCC(CCCN=C(N)N)C(=O)O. The van der Waals surface area contributed by atoms with Gasteiger partial charge in [0.15, 0.2) is 11.7 Å². The average Bonchev–Trinajstić information content (AvgIpc) is 4.11. The topological polar surface area (TPSA) is 519 Å². The molecule has 25 N–H and O–H groups in total. The highest BCUT2D eigenvalue weighted by molar-refractivity contribution is 5.97. The Morgan fingerprint density at radius 2 is 1.34 bits per heavy atom. The molecule has 0 spiro atoms. The van der Waals surface area contributed by atoms with Crippen molar-refractivity contribution in [2.45, 2.75) is 158 Å². The Morgan fingerprint density at radius 3 is 1.95 bits per heavy atom. The van der Waals surface area contributed by atoms with Crippen LogP contribution in [0.5, 0.6) is 0 Å². The Bertz CT molecular complexity index is 2010. The largest absolute Gasteiger partial charge is 0.481 e. The second-order valence-electron chi connectivity index (χ2n) is 18.8. The van der Waals surface area contributed by atoms with Gasteiger partial charge in [-0.05, 0) is 116 Å². The van der Waals surface area contributed by atoms with Crippen molar-refractivity contribution in [1.82, 2.24) is 46.8 Å². The number of Topliss-reactive ketones (excluding diaryl/α,β-unsaturated/α-hetero) is 1. The highest BCUT2D eigenvalue weighted by Gasteiger charge is 2.40. The number of guanidine groups is 1. The molecule has 1 aromatic heterocycles. The quantitative estimate of drug-likeness (QED) is 0.0165. The number of nitrogens with one attached hydrogen (secondary N) is 7. The molecule has 2 heterocycles. The van der Waals surface area contributed by atoms with Crippen LogP contribution in [0.4, 0.5) is 0 Å². The molecule has 29 heteroatoms. The van der Waals surface area contributed by atoms with E-state index < -0.39 is 121 Å². The Hall–Kier alpha value is -6.37. The number of hydrogen-bond donors (Lipinski definition) is 17. The van der Waals surface area contributed by atoms with E-state index in [1.165, 1.54) is 17.4 Å². The van der Waals surface area contributed by atoms with Crippen molar-refractivity contribution in [2.24, 2.45) is 56.8 Å². The Balaban J connectivity index is 2.23. The number of aliphatic carboxylic acids is 1. The lowest BCUT2D eigenvalue weighted by molar-refractivity contribution is -0.143. The van der Waals surface area contributed by atoms with Gasteiger partial charge in [-0.25, -0.2) is 4.98 Å². The first kappa shape index (κ1) is 65.7. The van der Waals surface area contributed by atoms with Crippen LogP contribution in [0.3, 0.4) is 0 Å². The second-order valence-corrected chi connectivity index (χ2v) is 18.8. The van der Waals surface area contributed by atoms with Crippen molar-refractivity contribution in [3.63, 3.8) is 0 Å². The van der Waals surface area contributed by atoms with Crippen molar-refractivity contribution in [2.75, 3.05) is 52.4 Å². The number of hydrogen-bond acceptors (Lipinski definition) is 18. The van der Waals surface area contributed by atoms with Gasteiger partial charge in [0.1, 0.15) is 30.2 Å². The summed E-state index contributed by atoms with van der Waals surface area (Å²) in [6, 6.07) is -8.51. The second kappa shape index (κ2) is 36.6. The monoisotopic (exact) mass is 1080 g/mol. The molecular weight excluding hydrogens is 993 g/mol. The van der Waals surface area contributed by atoms with Gasteiger partial charge in [0, 0.05) is 44.4 Å². The summed E-state index contributed by atoms with van der Waals surface area (Å²) in [5.74, 6) is -7.82. The number of carbonyl (C=O) groups is 9. The number of unbranched alkanes of at least 4 members (excludes halogenated alkanes) is 2. The number of carboxylic acid groups (broad SMARTS) is 1. The number of imidazole rings is 1. The van der Waals surface area contributed by atoms with Crippen LogP contribution in [0.15, 0.2) is 17.5 Å². The van der Waals surface area contributed by atoms with Crippen LogP contribution >= 0.6 is 0 Å². The third-order valence-corrected chi connectivity index (χ3v) is 12.8. The number of aromatic nitrogens is 2. The molecule has 0 aromatic carbocycles. The number of aromatic amines is 1. The van der Waals surface area contributed by atoms with Gasteiger partial charge in [-0.15, -0.1) is 0 Å². The number of aliphatic imine (C=N–C) groups is 1. The van der Waals surface area contributed by atoms with E-state index in [-0.39, 0.29) is 103 Å². The summed E-state index contributed by atoms with van der Waals surface area (Å²) in [4.78, 5) is 134. The first-order valence-corrected chi connectivity index (χ1v) is 26.1. The summed E-state index contributed by atoms with van der Waals surface area (Å²) >= 11 is 0. The predicted molar refractivity (Wildman–Crippen MR) is 280 cm³/mol. The number of amides is 7. The van der Waals surface area contributed by atoms with Crippen LogP contribution in [0.2, 0.25) is 0 Å². The lowest BCUT2D eigenvalue weighted by Crippen LogP contribution is -2.61. The molecule has 0 saturated carbocycles. The van der Waals surface area contributed by atoms with Gasteiger partial charge in [0.05, 0.1) is 37.0 Å². The van der Waals surface area contributed by atoms with Gasteiger partial charge in [0.2, 0.25) is 41.4 Å². The Morgan fingerprint density at radius 1 is 0.711 bits per heavy atom. The van der Waals surface area contributed by atoms with Crippen molar-refractivity contribution in [3.8, 4) is 0 Å². The zero-order chi connectivity index (χ0) is 56.6. The zero-order valence-corrected chi connectivity index (χ0v) is 43.6. The molecule has 1 aliphatic rings. The summed E-state index contributed by atoms with van der Waals surface area (Å²) in [5, 5.41) is 35.9. The minimum Gasteiger partial charge on any atom is -0.481 e. The predicted octanol–water partition coefficient (Wildman–Crippen LogP) is -6.03. The number of aliphatic hydroxyl groups is 1. The van der Waals surface area contributed by atoms with Crippen molar-refractivity contribution in [3.05, 3.63) is 18.2 Å².